The molecule has 3 aromatic rings. The monoisotopic (exact) mass is 300 g/mol. The molecule has 0 radical (unpaired) electrons. The zero-order chi connectivity index (χ0) is 14.8. The van der Waals surface area contributed by atoms with Gasteiger partial charge in [0.2, 0.25) is 0 Å². The Balaban J connectivity index is 2.13. The third kappa shape index (κ3) is 2.78. The number of aromatic nitrogens is 2. The number of halogens is 1. The fraction of sp³-hybridized carbons (Fsp3) is 0. The molecule has 0 spiro atoms. The summed E-state index contributed by atoms with van der Waals surface area (Å²) in [6.45, 7) is 0. The van der Waals surface area contributed by atoms with Gasteiger partial charge in [0.25, 0.3) is 0 Å². The van der Waals surface area contributed by atoms with Gasteiger partial charge < -0.3 is 9.84 Å². The fourth-order valence-corrected chi connectivity index (χ4v) is 2.08. The number of nitrogens with zero attached hydrogens (tertiary/aromatic N) is 2. The third-order valence-corrected chi connectivity index (χ3v) is 3.01. The summed E-state index contributed by atoms with van der Waals surface area (Å²) in [5.41, 5.74) is 0.459. The summed E-state index contributed by atoms with van der Waals surface area (Å²) < 4.78 is 5.71. The Kier molecular flexibility index (Phi) is 3.41. The first kappa shape index (κ1) is 13.3. The lowest BCUT2D eigenvalue weighted by Gasteiger charge is -2.09. The molecule has 2 heterocycles. The van der Waals surface area contributed by atoms with E-state index in [0.717, 1.165) is 0 Å². The van der Waals surface area contributed by atoms with Gasteiger partial charge in [0, 0.05) is 23.7 Å². The molecule has 2 aromatic heterocycles. The molecule has 3 rings (SSSR count). The molecular formula is C15H9ClN2O3. The van der Waals surface area contributed by atoms with Gasteiger partial charge in [-0.15, -0.1) is 0 Å². The highest BCUT2D eigenvalue weighted by Crippen LogP contribution is 2.30. The number of ether oxygens (including phenoxy) is 1. The van der Waals surface area contributed by atoms with E-state index < -0.39 is 5.97 Å². The number of rotatable bonds is 3. The van der Waals surface area contributed by atoms with Gasteiger partial charge in [0.1, 0.15) is 11.5 Å². The maximum atomic E-state index is 11.2. The summed E-state index contributed by atoms with van der Waals surface area (Å²) in [6, 6.07) is 10.1. The number of fused-ring (bicyclic) bond motifs is 1. The number of carboxylic acids is 1. The number of carboxylic acid groups (broad SMARTS) is 1. The fourth-order valence-electron chi connectivity index (χ4n) is 1.91. The highest BCUT2D eigenvalue weighted by molar-refractivity contribution is 6.30. The van der Waals surface area contributed by atoms with Gasteiger partial charge in [-0.1, -0.05) is 23.7 Å². The van der Waals surface area contributed by atoms with E-state index in [4.69, 9.17) is 21.4 Å². The first-order chi connectivity index (χ1) is 10.1. The van der Waals surface area contributed by atoms with E-state index in [1.807, 2.05) is 6.07 Å². The van der Waals surface area contributed by atoms with Crippen LogP contribution in [0.4, 0.5) is 0 Å². The van der Waals surface area contributed by atoms with Crippen molar-refractivity contribution in [3.8, 4) is 11.5 Å². The number of aromatic carboxylic acids is 1. The summed E-state index contributed by atoms with van der Waals surface area (Å²) in [6.07, 6.45) is 2.99. The normalized spacial score (nSPS) is 10.5. The topological polar surface area (TPSA) is 72.3 Å². The van der Waals surface area contributed by atoms with E-state index in [1.54, 1.807) is 24.3 Å². The molecule has 0 aliphatic heterocycles. The molecule has 0 aliphatic carbocycles. The molecule has 5 nitrogen and oxygen atoms in total. The standard InChI is InChI=1S/C15H9ClN2O3/c16-9-5-10(8-17-7-9)21-14-6-13(15(19)20)18-12-4-2-1-3-11(12)14/h1-8H,(H,19,20). The van der Waals surface area contributed by atoms with Crippen LogP contribution in [0.3, 0.4) is 0 Å². The minimum Gasteiger partial charge on any atom is -0.477 e. The largest absolute Gasteiger partial charge is 0.477 e. The van der Waals surface area contributed by atoms with Crippen LogP contribution in [0.1, 0.15) is 10.5 Å². The molecule has 0 amide bonds. The van der Waals surface area contributed by atoms with E-state index in [9.17, 15) is 4.79 Å². The number of benzene rings is 1. The Morgan fingerprint density at radius 2 is 2.00 bits per heavy atom. The number of hydrogen-bond donors (Lipinski definition) is 1. The van der Waals surface area contributed by atoms with Gasteiger partial charge in [-0.3, -0.25) is 4.98 Å². The van der Waals surface area contributed by atoms with Crippen LogP contribution in [0.15, 0.2) is 48.8 Å². The Hall–Kier alpha value is -2.66. The van der Waals surface area contributed by atoms with Crippen LogP contribution in [0.5, 0.6) is 11.5 Å². The third-order valence-electron chi connectivity index (χ3n) is 2.80. The van der Waals surface area contributed by atoms with Crippen LogP contribution in [0, 0.1) is 0 Å². The Morgan fingerprint density at radius 1 is 1.19 bits per heavy atom. The predicted molar refractivity (Wildman–Crippen MR) is 78.0 cm³/mol. The zero-order valence-electron chi connectivity index (χ0n) is 10.7. The smallest absolute Gasteiger partial charge is 0.354 e. The molecule has 6 heteroatoms. The second-order valence-corrected chi connectivity index (χ2v) is 4.71. The average molecular weight is 301 g/mol. The summed E-state index contributed by atoms with van der Waals surface area (Å²) in [5.74, 6) is -0.299. The maximum Gasteiger partial charge on any atom is 0.354 e. The number of para-hydroxylation sites is 1. The lowest BCUT2D eigenvalue weighted by atomic mass is 10.2. The minimum atomic E-state index is -1.12. The van der Waals surface area contributed by atoms with Crippen molar-refractivity contribution in [2.75, 3.05) is 0 Å². The molecule has 0 saturated carbocycles. The van der Waals surface area contributed by atoms with E-state index in [1.165, 1.54) is 18.5 Å². The first-order valence-corrected chi connectivity index (χ1v) is 6.43. The van der Waals surface area contributed by atoms with E-state index in [2.05, 4.69) is 9.97 Å². The molecule has 104 valence electrons. The molecule has 0 aliphatic rings. The molecule has 21 heavy (non-hydrogen) atoms. The first-order valence-electron chi connectivity index (χ1n) is 6.05. The quantitative estimate of drug-likeness (QED) is 0.797. The summed E-state index contributed by atoms with van der Waals surface area (Å²) in [5, 5.41) is 10.3. The van der Waals surface area contributed by atoms with Crippen molar-refractivity contribution in [2.45, 2.75) is 0 Å². The van der Waals surface area contributed by atoms with Gasteiger partial charge in [0.05, 0.1) is 16.7 Å². The Bertz CT molecular complexity index is 836. The molecule has 0 atom stereocenters. The second kappa shape index (κ2) is 5.38. The molecule has 0 fully saturated rings. The van der Waals surface area contributed by atoms with Gasteiger partial charge in [-0.2, -0.15) is 0 Å². The molecule has 1 N–H and O–H groups in total. The summed E-state index contributed by atoms with van der Waals surface area (Å²) in [7, 11) is 0. The molecular weight excluding hydrogens is 292 g/mol. The number of pyridine rings is 2. The van der Waals surface area contributed by atoms with Gasteiger partial charge in [-0.05, 0) is 12.1 Å². The predicted octanol–water partition coefficient (Wildman–Crippen LogP) is 3.77. The van der Waals surface area contributed by atoms with Crippen molar-refractivity contribution < 1.29 is 14.6 Å². The molecule has 0 bridgehead atoms. The second-order valence-electron chi connectivity index (χ2n) is 4.27. The van der Waals surface area contributed by atoms with Crippen LogP contribution in [0.25, 0.3) is 10.9 Å². The van der Waals surface area contributed by atoms with Crippen molar-refractivity contribution in [3.63, 3.8) is 0 Å². The lowest BCUT2D eigenvalue weighted by Crippen LogP contribution is -2.01. The average Bonchev–Trinajstić information content (AvgIpc) is 2.47. The molecule has 0 saturated heterocycles. The van der Waals surface area contributed by atoms with Crippen LogP contribution in [-0.2, 0) is 0 Å². The van der Waals surface area contributed by atoms with Crippen molar-refractivity contribution in [2.24, 2.45) is 0 Å². The van der Waals surface area contributed by atoms with Crippen molar-refractivity contribution in [3.05, 3.63) is 59.5 Å². The van der Waals surface area contributed by atoms with E-state index in [-0.39, 0.29) is 5.69 Å². The Morgan fingerprint density at radius 3 is 2.76 bits per heavy atom. The molecule has 0 unspecified atom stereocenters. The minimum absolute atomic E-state index is 0.0845. The van der Waals surface area contributed by atoms with Crippen LogP contribution < -0.4 is 4.74 Å². The van der Waals surface area contributed by atoms with Crippen LogP contribution >= 0.6 is 11.6 Å². The van der Waals surface area contributed by atoms with Crippen LogP contribution in [0.2, 0.25) is 5.02 Å². The lowest BCUT2D eigenvalue weighted by molar-refractivity contribution is 0.0690. The number of hydrogen-bond acceptors (Lipinski definition) is 4. The van der Waals surface area contributed by atoms with Gasteiger partial charge in [-0.25, -0.2) is 9.78 Å². The van der Waals surface area contributed by atoms with Crippen molar-refractivity contribution >= 4 is 28.5 Å². The van der Waals surface area contributed by atoms with Gasteiger partial charge >= 0.3 is 5.97 Å². The van der Waals surface area contributed by atoms with E-state index in [0.29, 0.717) is 27.4 Å². The highest BCUT2D eigenvalue weighted by atomic mass is 35.5. The van der Waals surface area contributed by atoms with Crippen molar-refractivity contribution in [1.82, 2.24) is 9.97 Å². The van der Waals surface area contributed by atoms with Crippen molar-refractivity contribution in [1.29, 1.82) is 0 Å². The molecule has 1 aromatic carbocycles. The highest BCUT2D eigenvalue weighted by Gasteiger charge is 2.12. The Labute approximate surface area is 124 Å². The van der Waals surface area contributed by atoms with Crippen LogP contribution in [-0.4, -0.2) is 21.0 Å². The zero-order valence-corrected chi connectivity index (χ0v) is 11.4. The maximum absolute atomic E-state index is 11.2. The van der Waals surface area contributed by atoms with E-state index >= 15 is 0 Å². The summed E-state index contributed by atoms with van der Waals surface area (Å²) in [4.78, 5) is 19.2. The summed E-state index contributed by atoms with van der Waals surface area (Å²) >= 11 is 5.86. The number of carbonyl (C=O) groups is 1. The van der Waals surface area contributed by atoms with Gasteiger partial charge in [0.15, 0.2) is 5.69 Å². The SMILES string of the molecule is O=C(O)c1cc(Oc2cncc(Cl)c2)c2ccccc2n1.